The number of nitrogens with one attached hydrogen (secondary N) is 2. The van der Waals surface area contributed by atoms with Gasteiger partial charge in [0.15, 0.2) is 0 Å². The van der Waals surface area contributed by atoms with Gasteiger partial charge in [-0.1, -0.05) is 20.8 Å². The van der Waals surface area contributed by atoms with Gasteiger partial charge in [-0.15, -0.1) is 0 Å². The average molecular weight is 405 g/mol. The zero-order valence-electron chi connectivity index (χ0n) is 17.3. The molecule has 0 unspecified atom stereocenters. The number of hydrogen-bond acceptors (Lipinski definition) is 7. The van der Waals surface area contributed by atoms with Gasteiger partial charge in [-0.2, -0.15) is 0 Å². The summed E-state index contributed by atoms with van der Waals surface area (Å²) in [5, 5.41) is 14.9. The largest absolute Gasteiger partial charge is 0.494 e. The Labute approximate surface area is 169 Å². The van der Waals surface area contributed by atoms with Crippen LogP contribution in [0.1, 0.15) is 20.8 Å². The lowest BCUT2D eigenvalue weighted by molar-refractivity contribution is -0.136. The molecule has 3 N–H and O–H groups in total. The lowest BCUT2D eigenvalue weighted by Gasteiger charge is -2.19. The average Bonchev–Trinajstić information content (AvgIpc) is 2.97. The van der Waals surface area contributed by atoms with Crippen molar-refractivity contribution in [2.24, 2.45) is 5.41 Å². The van der Waals surface area contributed by atoms with Crippen molar-refractivity contribution in [2.45, 2.75) is 20.8 Å². The van der Waals surface area contributed by atoms with E-state index in [9.17, 15) is 14.4 Å². The van der Waals surface area contributed by atoms with Crippen LogP contribution in [0.2, 0.25) is 0 Å². The van der Waals surface area contributed by atoms with E-state index in [0.29, 0.717) is 17.1 Å². The normalized spacial score (nSPS) is 14.1. The van der Waals surface area contributed by atoms with Crippen molar-refractivity contribution in [3.8, 4) is 5.75 Å². The Bertz CT molecular complexity index is 841. The van der Waals surface area contributed by atoms with Crippen molar-refractivity contribution >= 4 is 29.2 Å². The highest BCUT2D eigenvalue weighted by atomic mass is 16.5. The van der Waals surface area contributed by atoms with E-state index in [2.05, 4.69) is 10.6 Å². The van der Waals surface area contributed by atoms with E-state index in [-0.39, 0.29) is 36.9 Å². The molecule has 2 rings (SSSR count). The molecule has 0 spiro atoms. The Kier molecular flexibility index (Phi) is 6.86. The summed E-state index contributed by atoms with van der Waals surface area (Å²) in [7, 11) is 2.70. The summed E-state index contributed by atoms with van der Waals surface area (Å²) in [6.07, 6.45) is 0. The first-order chi connectivity index (χ1) is 13.6. The molecule has 1 aliphatic heterocycles. The number of anilines is 2. The second-order valence-electron chi connectivity index (χ2n) is 7.54. The highest BCUT2D eigenvalue weighted by Crippen LogP contribution is 2.31. The summed E-state index contributed by atoms with van der Waals surface area (Å²) in [5.74, 6) is -0.811. The van der Waals surface area contributed by atoms with Crippen LogP contribution in [0.15, 0.2) is 29.5 Å². The van der Waals surface area contributed by atoms with Crippen LogP contribution in [0.4, 0.5) is 11.4 Å². The van der Waals surface area contributed by atoms with Crippen molar-refractivity contribution in [3.05, 3.63) is 29.5 Å². The van der Waals surface area contributed by atoms with Crippen LogP contribution in [-0.2, 0) is 19.1 Å². The molecular weight excluding hydrogens is 378 g/mol. The molecule has 1 aliphatic rings. The van der Waals surface area contributed by atoms with Gasteiger partial charge in [0, 0.05) is 23.7 Å². The minimum Gasteiger partial charge on any atom is -0.494 e. The standard InChI is InChI=1S/C20H27N3O6/c1-20(2,3)19(27)22-14-7-6-12(10-15(14)28-4)21-16-13(18(26)29-5)11-23(8-9-24)17(16)25/h6-7,10,21,24H,8-9,11H2,1-5H3,(H,22,27). The van der Waals surface area contributed by atoms with E-state index in [4.69, 9.17) is 14.6 Å². The maximum atomic E-state index is 12.6. The molecule has 158 valence electrons. The fourth-order valence-electron chi connectivity index (χ4n) is 2.68. The molecule has 0 aliphatic carbocycles. The Hall–Kier alpha value is -3.07. The van der Waals surface area contributed by atoms with E-state index in [0.717, 1.165) is 0 Å². The quantitative estimate of drug-likeness (QED) is 0.586. The van der Waals surface area contributed by atoms with Crippen molar-refractivity contribution in [3.63, 3.8) is 0 Å². The molecule has 1 aromatic carbocycles. The van der Waals surface area contributed by atoms with Gasteiger partial charge < -0.3 is 30.1 Å². The SMILES string of the molecule is COC(=O)C1=C(Nc2ccc(NC(=O)C(C)(C)C)c(OC)c2)C(=O)N(CCO)C1. The lowest BCUT2D eigenvalue weighted by atomic mass is 9.95. The summed E-state index contributed by atoms with van der Waals surface area (Å²) in [5.41, 5.74) is 0.661. The van der Waals surface area contributed by atoms with Gasteiger partial charge in [0.05, 0.1) is 38.6 Å². The summed E-state index contributed by atoms with van der Waals surface area (Å²) in [6.45, 7) is 5.33. The van der Waals surface area contributed by atoms with E-state index < -0.39 is 17.3 Å². The monoisotopic (exact) mass is 405 g/mol. The Morgan fingerprint density at radius 3 is 2.48 bits per heavy atom. The van der Waals surface area contributed by atoms with Crippen molar-refractivity contribution < 1.29 is 29.0 Å². The number of hydrogen-bond donors (Lipinski definition) is 3. The topological polar surface area (TPSA) is 117 Å². The maximum Gasteiger partial charge on any atom is 0.337 e. The zero-order chi connectivity index (χ0) is 21.8. The minimum absolute atomic E-state index is 0.0469. The fraction of sp³-hybridized carbons (Fsp3) is 0.450. The summed E-state index contributed by atoms with van der Waals surface area (Å²) in [6, 6.07) is 4.92. The van der Waals surface area contributed by atoms with Crippen molar-refractivity contribution in [1.82, 2.24) is 4.90 Å². The van der Waals surface area contributed by atoms with Gasteiger partial charge in [0.1, 0.15) is 11.4 Å². The van der Waals surface area contributed by atoms with E-state index in [1.165, 1.54) is 19.1 Å². The molecule has 9 nitrogen and oxygen atoms in total. The summed E-state index contributed by atoms with van der Waals surface area (Å²) < 4.78 is 10.1. The maximum absolute atomic E-state index is 12.6. The Balaban J connectivity index is 2.31. The van der Waals surface area contributed by atoms with Gasteiger partial charge in [-0.3, -0.25) is 9.59 Å². The van der Waals surface area contributed by atoms with Crippen molar-refractivity contribution in [1.29, 1.82) is 0 Å². The molecule has 29 heavy (non-hydrogen) atoms. The number of carbonyl (C=O) groups is 3. The van der Waals surface area contributed by atoms with Gasteiger partial charge in [-0.05, 0) is 12.1 Å². The molecule has 0 saturated carbocycles. The van der Waals surface area contributed by atoms with Crippen LogP contribution in [0.3, 0.4) is 0 Å². The molecule has 1 aromatic rings. The van der Waals surface area contributed by atoms with Gasteiger partial charge in [0.2, 0.25) is 5.91 Å². The van der Waals surface area contributed by atoms with Gasteiger partial charge >= 0.3 is 5.97 Å². The third-order valence-corrected chi connectivity index (χ3v) is 4.35. The van der Waals surface area contributed by atoms with E-state index in [1.54, 1.807) is 39.0 Å². The Morgan fingerprint density at radius 2 is 1.93 bits per heavy atom. The number of aliphatic hydroxyl groups excluding tert-OH is 1. The number of benzene rings is 1. The van der Waals surface area contributed by atoms with Crippen LogP contribution >= 0.6 is 0 Å². The second-order valence-corrected chi connectivity index (χ2v) is 7.54. The molecular formula is C20H27N3O6. The number of β-amino-alcohol motifs (C(OH)–C–C–N with tert-alkyl or cyclic N) is 1. The molecule has 9 heteroatoms. The first kappa shape index (κ1) is 22.2. The molecule has 0 bridgehead atoms. The molecule has 0 fully saturated rings. The number of amides is 2. The predicted molar refractivity (Wildman–Crippen MR) is 107 cm³/mol. The number of ether oxygens (including phenoxy) is 2. The second kappa shape index (κ2) is 8.95. The van der Waals surface area contributed by atoms with E-state index >= 15 is 0 Å². The molecule has 0 atom stereocenters. The molecule has 1 heterocycles. The molecule has 0 saturated heterocycles. The fourth-order valence-corrected chi connectivity index (χ4v) is 2.68. The highest BCUT2D eigenvalue weighted by Gasteiger charge is 2.34. The van der Waals surface area contributed by atoms with Gasteiger partial charge in [0.25, 0.3) is 5.91 Å². The minimum atomic E-state index is -0.623. The van der Waals surface area contributed by atoms with Crippen LogP contribution in [0.5, 0.6) is 5.75 Å². The first-order valence-corrected chi connectivity index (χ1v) is 9.10. The predicted octanol–water partition coefficient (Wildman–Crippen LogP) is 1.35. The third kappa shape index (κ3) is 5.05. The van der Waals surface area contributed by atoms with Crippen LogP contribution in [0.25, 0.3) is 0 Å². The first-order valence-electron chi connectivity index (χ1n) is 9.10. The van der Waals surface area contributed by atoms with Crippen LogP contribution in [-0.4, -0.2) is 61.7 Å². The number of esters is 1. The number of nitrogens with zero attached hydrogens (tertiary/aromatic N) is 1. The highest BCUT2D eigenvalue weighted by molar-refractivity contribution is 6.08. The summed E-state index contributed by atoms with van der Waals surface area (Å²) >= 11 is 0. The molecule has 0 aromatic heterocycles. The Morgan fingerprint density at radius 1 is 1.24 bits per heavy atom. The number of aliphatic hydroxyl groups is 1. The smallest absolute Gasteiger partial charge is 0.337 e. The zero-order valence-corrected chi connectivity index (χ0v) is 17.3. The van der Waals surface area contributed by atoms with Crippen LogP contribution in [0, 0.1) is 5.41 Å². The van der Waals surface area contributed by atoms with E-state index in [1.807, 2.05) is 0 Å². The number of rotatable bonds is 7. The third-order valence-electron chi connectivity index (χ3n) is 4.35. The van der Waals surface area contributed by atoms with Crippen molar-refractivity contribution in [2.75, 3.05) is 44.5 Å². The molecule has 0 radical (unpaired) electrons. The van der Waals surface area contributed by atoms with Crippen LogP contribution < -0.4 is 15.4 Å². The molecule has 2 amide bonds. The number of methoxy groups -OCH3 is 2. The number of carbonyl (C=O) groups excluding carboxylic acids is 3. The lowest BCUT2D eigenvalue weighted by Crippen LogP contribution is -2.31. The summed E-state index contributed by atoms with van der Waals surface area (Å²) in [4.78, 5) is 38.3. The van der Waals surface area contributed by atoms with Gasteiger partial charge in [-0.25, -0.2) is 4.79 Å².